The van der Waals surface area contributed by atoms with E-state index in [0.29, 0.717) is 12.8 Å². The number of hydrogen-bond donors (Lipinski definition) is 2. The highest BCUT2D eigenvalue weighted by atomic mass is 32.2. The quantitative estimate of drug-likeness (QED) is 0.613. The maximum Gasteiger partial charge on any atom is 0.330 e. The fourth-order valence-electron chi connectivity index (χ4n) is 1.84. The molecule has 1 aliphatic heterocycles. The van der Waals surface area contributed by atoms with Crippen molar-refractivity contribution in [3.8, 4) is 0 Å². The van der Waals surface area contributed by atoms with Crippen molar-refractivity contribution in [2.75, 3.05) is 19.5 Å². The maximum absolute atomic E-state index is 11.8. The van der Waals surface area contributed by atoms with E-state index in [4.69, 9.17) is 5.11 Å². The first-order valence-electron chi connectivity index (χ1n) is 5.63. The summed E-state index contributed by atoms with van der Waals surface area (Å²) in [6, 6.07) is -1.22. The van der Waals surface area contributed by atoms with Crippen LogP contribution in [0.2, 0.25) is 0 Å². The van der Waals surface area contributed by atoms with Crippen molar-refractivity contribution in [1.82, 2.24) is 5.32 Å². The fourth-order valence-corrected chi connectivity index (χ4v) is 3.65. The van der Waals surface area contributed by atoms with Crippen LogP contribution in [0.3, 0.4) is 0 Å². The van der Waals surface area contributed by atoms with Gasteiger partial charge >= 0.3 is 5.97 Å². The molecule has 1 saturated heterocycles. The number of methoxy groups -OCH3 is 1. The third-order valence-electron chi connectivity index (χ3n) is 2.86. The average molecular weight is 279 g/mol. The van der Waals surface area contributed by atoms with Gasteiger partial charge in [-0.1, -0.05) is 6.42 Å². The molecule has 1 fully saturated rings. The van der Waals surface area contributed by atoms with E-state index in [0.717, 1.165) is 7.11 Å². The van der Waals surface area contributed by atoms with Gasteiger partial charge in [0.15, 0.2) is 15.9 Å². The Labute approximate surface area is 105 Å². The van der Waals surface area contributed by atoms with Gasteiger partial charge in [-0.05, 0) is 12.8 Å². The number of amides is 1. The van der Waals surface area contributed by atoms with Gasteiger partial charge < -0.3 is 15.2 Å². The van der Waals surface area contributed by atoms with Crippen LogP contribution in [0.15, 0.2) is 0 Å². The summed E-state index contributed by atoms with van der Waals surface area (Å²) in [6.45, 7) is -0.634. The zero-order valence-corrected chi connectivity index (χ0v) is 10.9. The monoisotopic (exact) mass is 279 g/mol. The summed E-state index contributed by atoms with van der Waals surface area (Å²) < 4.78 is 27.8. The van der Waals surface area contributed by atoms with E-state index < -0.39 is 39.6 Å². The third kappa shape index (κ3) is 3.42. The number of rotatable bonds is 4. The molecule has 2 atom stereocenters. The fraction of sp³-hybridized carbons (Fsp3) is 0.800. The minimum Gasteiger partial charge on any atom is -0.467 e. The molecule has 1 amide bonds. The van der Waals surface area contributed by atoms with Crippen molar-refractivity contribution in [1.29, 1.82) is 0 Å². The van der Waals surface area contributed by atoms with Crippen LogP contribution in [0, 0.1) is 0 Å². The molecular formula is C10H17NO6S. The van der Waals surface area contributed by atoms with Gasteiger partial charge in [0, 0.05) is 0 Å². The molecule has 2 unspecified atom stereocenters. The molecule has 0 aromatic rings. The van der Waals surface area contributed by atoms with Crippen LogP contribution in [0.5, 0.6) is 0 Å². The molecule has 0 bridgehead atoms. The Kier molecular flexibility index (Phi) is 5.09. The lowest BCUT2D eigenvalue weighted by atomic mass is 10.1. The highest BCUT2D eigenvalue weighted by Gasteiger charge is 2.36. The van der Waals surface area contributed by atoms with Gasteiger partial charge in [-0.2, -0.15) is 0 Å². The van der Waals surface area contributed by atoms with Crippen LogP contribution in [0.1, 0.15) is 19.3 Å². The Balaban J connectivity index is 2.72. The van der Waals surface area contributed by atoms with Gasteiger partial charge in [-0.25, -0.2) is 13.2 Å². The number of nitrogens with one attached hydrogen (secondary N) is 1. The molecule has 1 heterocycles. The smallest absolute Gasteiger partial charge is 0.330 e. The van der Waals surface area contributed by atoms with E-state index in [-0.39, 0.29) is 12.2 Å². The van der Waals surface area contributed by atoms with Crippen LogP contribution in [0.4, 0.5) is 0 Å². The summed E-state index contributed by atoms with van der Waals surface area (Å²) in [5.41, 5.74) is 0. The second-order valence-electron chi connectivity index (χ2n) is 4.12. The molecule has 2 N–H and O–H groups in total. The van der Waals surface area contributed by atoms with E-state index in [1.54, 1.807) is 0 Å². The molecule has 104 valence electrons. The van der Waals surface area contributed by atoms with E-state index in [1.165, 1.54) is 0 Å². The molecule has 0 spiro atoms. The Morgan fingerprint density at radius 3 is 2.61 bits per heavy atom. The molecule has 0 aliphatic carbocycles. The highest BCUT2D eigenvalue weighted by molar-refractivity contribution is 7.92. The summed E-state index contributed by atoms with van der Waals surface area (Å²) in [6.07, 6.45) is 1.44. The summed E-state index contributed by atoms with van der Waals surface area (Å²) >= 11 is 0. The van der Waals surface area contributed by atoms with Crippen LogP contribution in [0.25, 0.3) is 0 Å². The Morgan fingerprint density at radius 2 is 2.11 bits per heavy atom. The minimum absolute atomic E-state index is 0.0207. The Hall–Kier alpha value is -1.15. The number of sulfone groups is 1. The number of carbonyl (C=O) groups is 2. The van der Waals surface area contributed by atoms with Crippen LogP contribution < -0.4 is 5.32 Å². The van der Waals surface area contributed by atoms with Crippen molar-refractivity contribution in [3.63, 3.8) is 0 Å². The first kappa shape index (κ1) is 14.9. The van der Waals surface area contributed by atoms with E-state index in [2.05, 4.69) is 10.1 Å². The first-order chi connectivity index (χ1) is 8.42. The molecule has 0 radical (unpaired) electrons. The lowest BCUT2D eigenvalue weighted by Gasteiger charge is -2.23. The number of aliphatic hydroxyl groups is 1. The largest absolute Gasteiger partial charge is 0.467 e. The lowest BCUT2D eigenvalue weighted by Crippen LogP contribution is -2.50. The van der Waals surface area contributed by atoms with Crippen LogP contribution >= 0.6 is 0 Å². The van der Waals surface area contributed by atoms with Crippen molar-refractivity contribution < 1.29 is 27.9 Å². The lowest BCUT2D eigenvalue weighted by molar-refractivity contribution is -0.146. The third-order valence-corrected chi connectivity index (χ3v) is 5.03. The van der Waals surface area contributed by atoms with Gasteiger partial charge in [0.25, 0.3) is 0 Å². The Bertz CT molecular complexity index is 418. The molecule has 8 heteroatoms. The average Bonchev–Trinajstić information content (AvgIpc) is 2.34. The second-order valence-corrected chi connectivity index (χ2v) is 6.42. The molecule has 1 rings (SSSR count). The summed E-state index contributed by atoms with van der Waals surface area (Å²) in [5.74, 6) is -1.58. The van der Waals surface area contributed by atoms with Gasteiger partial charge in [0.05, 0.1) is 19.5 Å². The highest BCUT2D eigenvalue weighted by Crippen LogP contribution is 2.19. The molecular weight excluding hydrogens is 262 g/mol. The van der Waals surface area contributed by atoms with E-state index in [1.807, 2.05) is 0 Å². The number of ether oxygens (including phenoxy) is 1. The van der Waals surface area contributed by atoms with Crippen molar-refractivity contribution in [3.05, 3.63) is 0 Å². The van der Waals surface area contributed by atoms with Crippen molar-refractivity contribution in [2.24, 2.45) is 0 Å². The number of aliphatic hydroxyl groups excluding tert-OH is 1. The van der Waals surface area contributed by atoms with Crippen LogP contribution in [-0.4, -0.2) is 56.2 Å². The SMILES string of the molecule is COC(=O)C(CO)NC(=O)C1CCCCS1(=O)=O. The van der Waals surface area contributed by atoms with E-state index >= 15 is 0 Å². The molecule has 1 aliphatic rings. The van der Waals surface area contributed by atoms with Gasteiger partial charge in [-0.3, -0.25) is 4.79 Å². The molecule has 18 heavy (non-hydrogen) atoms. The Morgan fingerprint density at radius 1 is 1.44 bits per heavy atom. The zero-order chi connectivity index (χ0) is 13.8. The van der Waals surface area contributed by atoms with Gasteiger partial charge in [0.2, 0.25) is 5.91 Å². The minimum atomic E-state index is -3.45. The number of carbonyl (C=O) groups excluding carboxylic acids is 2. The molecule has 7 nitrogen and oxygen atoms in total. The van der Waals surface area contributed by atoms with Crippen molar-refractivity contribution in [2.45, 2.75) is 30.6 Å². The summed E-state index contributed by atoms with van der Waals surface area (Å²) in [4.78, 5) is 23.0. The topological polar surface area (TPSA) is 110 Å². The number of hydrogen-bond acceptors (Lipinski definition) is 6. The number of esters is 1. The molecule has 0 aromatic heterocycles. The van der Waals surface area contributed by atoms with Gasteiger partial charge in [-0.15, -0.1) is 0 Å². The standard InChI is InChI=1S/C10H17NO6S/c1-17-10(14)7(6-12)11-9(13)8-4-2-3-5-18(8,15)16/h7-8,12H,2-6H2,1H3,(H,11,13). The molecule has 0 saturated carbocycles. The van der Waals surface area contributed by atoms with Crippen molar-refractivity contribution >= 4 is 21.7 Å². The van der Waals surface area contributed by atoms with E-state index in [9.17, 15) is 18.0 Å². The second kappa shape index (κ2) is 6.14. The van der Waals surface area contributed by atoms with Gasteiger partial charge in [0.1, 0.15) is 5.25 Å². The summed E-state index contributed by atoms with van der Waals surface area (Å²) in [7, 11) is -2.34. The predicted molar refractivity (Wildman–Crippen MR) is 62.5 cm³/mol. The predicted octanol–water partition coefficient (Wildman–Crippen LogP) is -1.40. The summed E-state index contributed by atoms with van der Waals surface area (Å²) in [5, 5.41) is 10.0. The normalized spacial score (nSPS) is 24.0. The zero-order valence-electron chi connectivity index (χ0n) is 10.1. The maximum atomic E-state index is 11.8. The molecule has 0 aromatic carbocycles. The van der Waals surface area contributed by atoms with Crippen LogP contribution in [-0.2, 0) is 24.2 Å². The first-order valence-corrected chi connectivity index (χ1v) is 7.34.